The van der Waals surface area contributed by atoms with Gasteiger partial charge in [0.05, 0.1) is 11.2 Å². The lowest BCUT2D eigenvalue weighted by atomic mass is 10.1. The van der Waals surface area contributed by atoms with Crippen molar-refractivity contribution >= 4 is 11.6 Å². The zero-order valence-electron chi connectivity index (χ0n) is 10.1. The minimum absolute atomic E-state index is 0.113. The minimum Gasteiger partial charge on any atom is -0.484 e. The third-order valence-corrected chi connectivity index (χ3v) is 2.71. The van der Waals surface area contributed by atoms with Crippen LogP contribution >= 0.6 is 11.6 Å². The van der Waals surface area contributed by atoms with Crippen LogP contribution in [0.2, 0.25) is 5.02 Å². The van der Waals surface area contributed by atoms with Gasteiger partial charge in [-0.2, -0.15) is 0 Å². The summed E-state index contributed by atoms with van der Waals surface area (Å²) in [6, 6.07) is 7.54. The van der Waals surface area contributed by atoms with Gasteiger partial charge in [-0.1, -0.05) is 22.8 Å². The minimum atomic E-state index is 0.113. The summed E-state index contributed by atoms with van der Waals surface area (Å²) in [6.45, 7) is 2.27. The third kappa shape index (κ3) is 3.48. The molecular formula is C13H15ClN2O2. The average Bonchev–Trinajstić information content (AvgIpc) is 2.80. The Morgan fingerprint density at radius 2 is 2.28 bits per heavy atom. The summed E-state index contributed by atoms with van der Waals surface area (Å²) < 4.78 is 10.5. The number of nitrogens with two attached hydrogens (primary N) is 1. The number of benzene rings is 1. The maximum absolute atomic E-state index is 6.14. The number of aromatic nitrogens is 1. The number of halogens is 1. The predicted octanol–water partition coefficient (Wildman–Crippen LogP) is 2.80. The topological polar surface area (TPSA) is 61.3 Å². The second kappa shape index (κ2) is 5.89. The van der Waals surface area contributed by atoms with Crippen LogP contribution in [0.3, 0.4) is 0 Å². The third-order valence-electron chi connectivity index (χ3n) is 2.42. The molecule has 1 atom stereocenters. The van der Waals surface area contributed by atoms with E-state index in [2.05, 4.69) is 5.16 Å². The Labute approximate surface area is 111 Å². The molecular weight excluding hydrogens is 252 g/mol. The lowest BCUT2D eigenvalue weighted by molar-refractivity contribution is 0.249. The summed E-state index contributed by atoms with van der Waals surface area (Å²) in [5.41, 5.74) is 6.84. The van der Waals surface area contributed by atoms with Crippen molar-refractivity contribution in [2.45, 2.75) is 26.0 Å². The van der Waals surface area contributed by atoms with E-state index >= 15 is 0 Å². The van der Waals surface area contributed by atoms with Crippen molar-refractivity contribution in [3.8, 4) is 5.75 Å². The molecule has 0 saturated carbocycles. The van der Waals surface area contributed by atoms with Crippen LogP contribution in [0.25, 0.3) is 0 Å². The fourth-order valence-corrected chi connectivity index (χ4v) is 1.88. The molecule has 18 heavy (non-hydrogen) atoms. The van der Waals surface area contributed by atoms with Gasteiger partial charge < -0.3 is 15.0 Å². The molecule has 96 valence electrons. The highest BCUT2D eigenvalue weighted by Gasteiger charge is 2.06. The molecule has 0 spiro atoms. The smallest absolute Gasteiger partial charge is 0.174 e. The first-order chi connectivity index (χ1) is 8.65. The van der Waals surface area contributed by atoms with Crippen LogP contribution < -0.4 is 10.5 Å². The van der Waals surface area contributed by atoms with E-state index in [0.29, 0.717) is 23.1 Å². The van der Waals surface area contributed by atoms with Crippen molar-refractivity contribution in [1.82, 2.24) is 5.16 Å². The molecule has 0 aliphatic rings. The Morgan fingerprint density at radius 1 is 1.44 bits per heavy atom. The van der Waals surface area contributed by atoms with E-state index in [1.807, 2.05) is 25.1 Å². The number of rotatable bonds is 5. The van der Waals surface area contributed by atoms with Crippen molar-refractivity contribution in [3.05, 3.63) is 46.8 Å². The summed E-state index contributed by atoms with van der Waals surface area (Å²) in [5, 5.41) is 4.18. The van der Waals surface area contributed by atoms with Crippen molar-refractivity contribution in [3.63, 3.8) is 0 Å². The average molecular weight is 267 g/mol. The molecule has 1 unspecified atom stereocenters. The lowest BCUT2D eigenvalue weighted by Crippen LogP contribution is -2.17. The summed E-state index contributed by atoms with van der Waals surface area (Å²) in [6.07, 6.45) is 2.37. The highest BCUT2D eigenvalue weighted by Crippen LogP contribution is 2.26. The van der Waals surface area contributed by atoms with E-state index in [1.165, 1.54) is 0 Å². The molecule has 0 fully saturated rings. The Kier molecular flexibility index (Phi) is 4.23. The maximum atomic E-state index is 6.14. The van der Waals surface area contributed by atoms with Crippen LogP contribution in [0, 0.1) is 0 Å². The first kappa shape index (κ1) is 12.9. The van der Waals surface area contributed by atoms with Crippen LogP contribution in [-0.2, 0) is 13.0 Å². The van der Waals surface area contributed by atoms with E-state index in [0.717, 1.165) is 12.0 Å². The van der Waals surface area contributed by atoms with E-state index in [1.54, 1.807) is 12.3 Å². The molecule has 1 aromatic heterocycles. The SMILES string of the molecule is CC(N)Cc1ccc(OCc2ccno2)c(Cl)c1. The highest BCUT2D eigenvalue weighted by atomic mass is 35.5. The van der Waals surface area contributed by atoms with Crippen molar-refractivity contribution in [2.24, 2.45) is 5.73 Å². The normalized spacial score (nSPS) is 12.4. The van der Waals surface area contributed by atoms with Crippen LogP contribution in [0.1, 0.15) is 18.2 Å². The molecule has 2 N–H and O–H groups in total. The highest BCUT2D eigenvalue weighted by molar-refractivity contribution is 6.32. The molecule has 1 heterocycles. The Bertz CT molecular complexity index is 498. The molecule has 0 aliphatic carbocycles. The number of hydrogen-bond acceptors (Lipinski definition) is 4. The first-order valence-corrected chi connectivity index (χ1v) is 6.09. The van der Waals surface area contributed by atoms with Gasteiger partial charge in [-0.25, -0.2) is 0 Å². The second-order valence-corrected chi connectivity index (χ2v) is 4.62. The molecule has 5 heteroatoms. The van der Waals surface area contributed by atoms with E-state index < -0.39 is 0 Å². The van der Waals surface area contributed by atoms with E-state index in [-0.39, 0.29) is 6.04 Å². The predicted molar refractivity (Wildman–Crippen MR) is 69.6 cm³/mol. The zero-order valence-corrected chi connectivity index (χ0v) is 10.9. The van der Waals surface area contributed by atoms with Gasteiger partial charge in [0.1, 0.15) is 12.4 Å². The van der Waals surface area contributed by atoms with Gasteiger partial charge in [-0.05, 0) is 31.0 Å². The van der Waals surface area contributed by atoms with Crippen molar-refractivity contribution in [1.29, 1.82) is 0 Å². The van der Waals surface area contributed by atoms with Gasteiger partial charge in [0.15, 0.2) is 5.76 Å². The summed E-state index contributed by atoms with van der Waals surface area (Å²) in [7, 11) is 0. The molecule has 0 aliphatic heterocycles. The first-order valence-electron chi connectivity index (χ1n) is 5.71. The number of hydrogen-bond donors (Lipinski definition) is 1. The fourth-order valence-electron chi connectivity index (χ4n) is 1.63. The van der Waals surface area contributed by atoms with Gasteiger partial charge in [0.2, 0.25) is 0 Å². The Morgan fingerprint density at radius 3 is 2.89 bits per heavy atom. The Balaban J connectivity index is 2.01. The summed E-state index contributed by atoms with van der Waals surface area (Å²) >= 11 is 6.14. The van der Waals surface area contributed by atoms with Gasteiger partial charge in [0, 0.05) is 12.1 Å². The zero-order chi connectivity index (χ0) is 13.0. The lowest BCUT2D eigenvalue weighted by Gasteiger charge is -2.09. The van der Waals surface area contributed by atoms with Crippen LogP contribution in [0.4, 0.5) is 0 Å². The molecule has 2 rings (SSSR count). The largest absolute Gasteiger partial charge is 0.484 e. The molecule has 2 aromatic rings. The number of ether oxygens (including phenoxy) is 1. The monoisotopic (exact) mass is 266 g/mol. The standard InChI is InChI=1S/C13H15ClN2O2/c1-9(15)6-10-2-3-13(12(14)7-10)17-8-11-4-5-16-18-11/h2-5,7,9H,6,8,15H2,1H3. The fraction of sp³-hybridized carbons (Fsp3) is 0.308. The van der Waals surface area contributed by atoms with Crippen LogP contribution in [0.15, 0.2) is 35.0 Å². The van der Waals surface area contributed by atoms with Gasteiger partial charge in [-0.15, -0.1) is 0 Å². The van der Waals surface area contributed by atoms with Crippen LogP contribution in [0.5, 0.6) is 5.75 Å². The van der Waals surface area contributed by atoms with E-state index in [9.17, 15) is 0 Å². The quantitative estimate of drug-likeness (QED) is 0.904. The molecule has 4 nitrogen and oxygen atoms in total. The molecule has 1 aromatic carbocycles. The van der Waals surface area contributed by atoms with Crippen LogP contribution in [-0.4, -0.2) is 11.2 Å². The summed E-state index contributed by atoms with van der Waals surface area (Å²) in [5.74, 6) is 1.28. The van der Waals surface area contributed by atoms with E-state index in [4.69, 9.17) is 26.6 Å². The van der Waals surface area contributed by atoms with Gasteiger partial charge >= 0.3 is 0 Å². The molecule has 0 bridgehead atoms. The van der Waals surface area contributed by atoms with Crippen molar-refractivity contribution in [2.75, 3.05) is 0 Å². The molecule has 0 saturated heterocycles. The van der Waals surface area contributed by atoms with Gasteiger partial charge in [0.25, 0.3) is 0 Å². The molecule has 0 radical (unpaired) electrons. The molecule has 0 amide bonds. The Hall–Kier alpha value is -1.52. The second-order valence-electron chi connectivity index (χ2n) is 4.21. The maximum Gasteiger partial charge on any atom is 0.174 e. The van der Waals surface area contributed by atoms with Gasteiger partial charge in [-0.3, -0.25) is 0 Å². The van der Waals surface area contributed by atoms with Crippen molar-refractivity contribution < 1.29 is 9.26 Å². The summed E-state index contributed by atoms with van der Waals surface area (Å²) in [4.78, 5) is 0. The number of nitrogens with zero attached hydrogens (tertiary/aromatic N) is 1.